The van der Waals surface area contributed by atoms with Crippen molar-refractivity contribution in [1.29, 1.82) is 0 Å². The van der Waals surface area contributed by atoms with Crippen LogP contribution < -0.4 is 0 Å². The highest BCUT2D eigenvalue weighted by molar-refractivity contribution is 5.75. The van der Waals surface area contributed by atoms with E-state index in [1.807, 2.05) is 0 Å². The van der Waals surface area contributed by atoms with Crippen molar-refractivity contribution >= 4 is 5.78 Å². The lowest BCUT2D eigenvalue weighted by molar-refractivity contribution is -0.117. The van der Waals surface area contributed by atoms with E-state index in [2.05, 4.69) is 4.90 Å². The summed E-state index contributed by atoms with van der Waals surface area (Å²) in [5, 5.41) is 0. The number of carbonyl (C=O) groups excluding carboxylic acids is 1. The molecular formula is C12H21NO. The van der Waals surface area contributed by atoms with Crippen LogP contribution in [0, 0.1) is 5.92 Å². The van der Waals surface area contributed by atoms with Crippen molar-refractivity contribution in [2.75, 3.05) is 13.1 Å². The number of rotatable bonds is 7. The SMILES string of the molecule is CC(=O)CCCN(CC1CC1)C1CC1. The Kier molecular flexibility index (Phi) is 3.22. The molecule has 2 heteroatoms. The normalized spacial score (nSPS) is 21.6. The van der Waals surface area contributed by atoms with E-state index in [-0.39, 0.29) is 0 Å². The summed E-state index contributed by atoms with van der Waals surface area (Å²) >= 11 is 0. The largest absolute Gasteiger partial charge is 0.300 e. The van der Waals surface area contributed by atoms with Crippen molar-refractivity contribution in [3.63, 3.8) is 0 Å². The molecule has 0 amide bonds. The van der Waals surface area contributed by atoms with Crippen LogP contribution in [0.15, 0.2) is 0 Å². The maximum Gasteiger partial charge on any atom is 0.129 e. The fraction of sp³-hybridized carbons (Fsp3) is 0.917. The first kappa shape index (κ1) is 10.2. The molecular weight excluding hydrogens is 174 g/mol. The van der Waals surface area contributed by atoms with Gasteiger partial charge in [0.1, 0.15) is 5.78 Å². The molecule has 0 atom stereocenters. The van der Waals surface area contributed by atoms with Crippen LogP contribution in [0.25, 0.3) is 0 Å². The maximum absolute atomic E-state index is 10.8. The summed E-state index contributed by atoms with van der Waals surface area (Å²) in [6.45, 7) is 4.16. The van der Waals surface area contributed by atoms with Gasteiger partial charge in [0, 0.05) is 19.0 Å². The molecule has 0 bridgehead atoms. The molecule has 2 aliphatic rings. The van der Waals surface area contributed by atoms with E-state index in [4.69, 9.17) is 0 Å². The highest BCUT2D eigenvalue weighted by Gasteiger charge is 2.32. The molecule has 0 aromatic carbocycles. The maximum atomic E-state index is 10.8. The zero-order valence-electron chi connectivity index (χ0n) is 9.17. The predicted octanol–water partition coefficient (Wildman–Crippen LogP) is 2.23. The smallest absolute Gasteiger partial charge is 0.129 e. The molecule has 2 rings (SSSR count). The van der Waals surface area contributed by atoms with Crippen molar-refractivity contribution < 1.29 is 4.79 Å². The lowest BCUT2D eigenvalue weighted by Gasteiger charge is -2.21. The summed E-state index contributed by atoms with van der Waals surface area (Å²) in [6, 6.07) is 0.877. The second-order valence-electron chi connectivity index (χ2n) is 4.98. The van der Waals surface area contributed by atoms with Gasteiger partial charge in [0.25, 0.3) is 0 Å². The highest BCUT2D eigenvalue weighted by atomic mass is 16.1. The Bertz CT molecular complexity index is 206. The summed E-state index contributed by atoms with van der Waals surface area (Å²) in [7, 11) is 0. The zero-order valence-corrected chi connectivity index (χ0v) is 9.17. The van der Waals surface area contributed by atoms with Crippen LogP contribution in [-0.2, 0) is 4.79 Å². The van der Waals surface area contributed by atoms with Gasteiger partial charge in [-0.15, -0.1) is 0 Å². The minimum absolute atomic E-state index is 0.340. The van der Waals surface area contributed by atoms with Gasteiger partial charge in [0.2, 0.25) is 0 Å². The number of Topliss-reactive ketones (excluding diaryl/α,β-unsaturated/α-hetero) is 1. The molecule has 0 aromatic rings. The minimum atomic E-state index is 0.340. The molecule has 2 saturated carbocycles. The molecule has 80 valence electrons. The van der Waals surface area contributed by atoms with E-state index in [9.17, 15) is 4.79 Å². The second-order valence-corrected chi connectivity index (χ2v) is 4.98. The van der Waals surface area contributed by atoms with Crippen LogP contribution in [-0.4, -0.2) is 29.8 Å². The van der Waals surface area contributed by atoms with E-state index in [1.54, 1.807) is 6.92 Å². The number of ketones is 1. The Balaban J connectivity index is 1.64. The third-order valence-electron chi connectivity index (χ3n) is 3.23. The van der Waals surface area contributed by atoms with Crippen LogP contribution in [0.4, 0.5) is 0 Å². The molecule has 0 aromatic heterocycles. The lowest BCUT2D eigenvalue weighted by Crippen LogP contribution is -2.29. The lowest BCUT2D eigenvalue weighted by atomic mass is 10.2. The van der Waals surface area contributed by atoms with Crippen molar-refractivity contribution in [1.82, 2.24) is 4.90 Å². The van der Waals surface area contributed by atoms with Crippen LogP contribution in [0.1, 0.15) is 45.4 Å². The summed E-state index contributed by atoms with van der Waals surface area (Å²) in [6.07, 6.45) is 7.51. The molecule has 0 unspecified atom stereocenters. The van der Waals surface area contributed by atoms with Crippen LogP contribution in [0.5, 0.6) is 0 Å². The standard InChI is InChI=1S/C12H21NO/c1-10(14)3-2-8-13(12-6-7-12)9-11-4-5-11/h11-12H,2-9H2,1H3. The van der Waals surface area contributed by atoms with Crippen LogP contribution in [0.2, 0.25) is 0 Å². The summed E-state index contributed by atoms with van der Waals surface area (Å²) < 4.78 is 0. The van der Waals surface area contributed by atoms with E-state index >= 15 is 0 Å². The van der Waals surface area contributed by atoms with Gasteiger partial charge < -0.3 is 9.69 Å². The molecule has 0 spiro atoms. The first-order valence-corrected chi connectivity index (χ1v) is 5.99. The number of nitrogens with zero attached hydrogens (tertiary/aromatic N) is 1. The van der Waals surface area contributed by atoms with Crippen molar-refractivity contribution in [2.45, 2.75) is 51.5 Å². The second kappa shape index (κ2) is 4.43. The average molecular weight is 195 g/mol. The minimum Gasteiger partial charge on any atom is -0.300 e. The van der Waals surface area contributed by atoms with Crippen molar-refractivity contribution in [2.24, 2.45) is 5.92 Å². The molecule has 2 aliphatic carbocycles. The van der Waals surface area contributed by atoms with Gasteiger partial charge in [-0.05, 0) is 51.5 Å². The van der Waals surface area contributed by atoms with Crippen LogP contribution in [0.3, 0.4) is 0 Å². The molecule has 2 nitrogen and oxygen atoms in total. The van der Waals surface area contributed by atoms with Gasteiger partial charge in [-0.2, -0.15) is 0 Å². The molecule has 0 aliphatic heterocycles. The van der Waals surface area contributed by atoms with Crippen molar-refractivity contribution in [3.05, 3.63) is 0 Å². The highest BCUT2D eigenvalue weighted by Crippen LogP contribution is 2.34. The first-order valence-electron chi connectivity index (χ1n) is 5.99. The topological polar surface area (TPSA) is 20.3 Å². The van der Waals surface area contributed by atoms with E-state index < -0.39 is 0 Å². The Morgan fingerprint density at radius 1 is 1.29 bits per heavy atom. The first-order chi connectivity index (χ1) is 6.75. The van der Waals surface area contributed by atoms with Gasteiger partial charge in [0.15, 0.2) is 0 Å². The van der Waals surface area contributed by atoms with E-state index in [1.165, 1.54) is 32.2 Å². The molecule has 0 heterocycles. The van der Waals surface area contributed by atoms with Crippen LogP contribution >= 0.6 is 0 Å². The predicted molar refractivity (Wildman–Crippen MR) is 57.2 cm³/mol. The summed E-state index contributed by atoms with van der Waals surface area (Å²) in [4.78, 5) is 13.5. The molecule has 0 saturated heterocycles. The Morgan fingerprint density at radius 2 is 2.00 bits per heavy atom. The van der Waals surface area contributed by atoms with Gasteiger partial charge in [-0.25, -0.2) is 0 Å². The fourth-order valence-corrected chi connectivity index (χ4v) is 2.03. The van der Waals surface area contributed by atoms with E-state index in [0.717, 1.165) is 31.3 Å². The number of hydrogen-bond acceptors (Lipinski definition) is 2. The zero-order chi connectivity index (χ0) is 9.97. The molecule has 2 fully saturated rings. The fourth-order valence-electron chi connectivity index (χ4n) is 2.03. The van der Waals surface area contributed by atoms with Crippen molar-refractivity contribution in [3.8, 4) is 0 Å². The Labute approximate surface area is 86.7 Å². The Morgan fingerprint density at radius 3 is 2.50 bits per heavy atom. The van der Waals surface area contributed by atoms with E-state index in [0.29, 0.717) is 5.78 Å². The third-order valence-corrected chi connectivity index (χ3v) is 3.23. The Hall–Kier alpha value is -0.370. The average Bonchev–Trinajstić information content (AvgIpc) is 2.98. The third kappa shape index (κ3) is 3.41. The quantitative estimate of drug-likeness (QED) is 0.621. The molecule has 14 heavy (non-hydrogen) atoms. The van der Waals surface area contributed by atoms with Gasteiger partial charge in [-0.1, -0.05) is 0 Å². The van der Waals surface area contributed by atoms with Gasteiger partial charge in [0.05, 0.1) is 0 Å². The summed E-state index contributed by atoms with van der Waals surface area (Å²) in [5.41, 5.74) is 0. The molecule has 0 N–H and O–H groups in total. The monoisotopic (exact) mass is 195 g/mol. The molecule has 0 radical (unpaired) electrons. The number of hydrogen-bond donors (Lipinski definition) is 0. The van der Waals surface area contributed by atoms with Gasteiger partial charge >= 0.3 is 0 Å². The number of carbonyl (C=O) groups is 1. The van der Waals surface area contributed by atoms with Gasteiger partial charge in [-0.3, -0.25) is 0 Å². The summed E-state index contributed by atoms with van der Waals surface area (Å²) in [5.74, 6) is 1.33.